The molecular formula is C20H26N2O3. The van der Waals surface area contributed by atoms with Crippen LogP contribution >= 0.6 is 0 Å². The third kappa shape index (κ3) is 3.17. The van der Waals surface area contributed by atoms with E-state index in [0.29, 0.717) is 5.06 Å². The normalized spacial score (nSPS) is 32.5. The minimum Gasteiger partial charge on any atom is -0.326 e. The Morgan fingerprint density at radius 1 is 1.08 bits per heavy atom. The zero-order chi connectivity index (χ0) is 17.6. The molecule has 2 N–H and O–H groups in total. The van der Waals surface area contributed by atoms with Crippen LogP contribution in [-0.2, 0) is 16.0 Å². The first-order chi connectivity index (χ1) is 11.9. The Hall–Kier alpha value is -1.88. The van der Waals surface area contributed by atoms with Gasteiger partial charge in [0.1, 0.15) is 0 Å². The lowest BCUT2D eigenvalue weighted by molar-refractivity contribution is -0.158. The van der Waals surface area contributed by atoms with Crippen molar-refractivity contribution in [2.24, 2.45) is 23.2 Å². The van der Waals surface area contributed by atoms with E-state index in [0.717, 1.165) is 48.3 Å². The Kier molecular flexibility index (Phi) is 4.07. The average molecular weight is 342 g/mol. The second kappa shape index (κ2) is 6.13. The number of nitrogens with one attached hydrogen (secondary N) is 1. The summed E-state index contributed by atoms with van der Waals surface area (Å²) in [5, 5.41) is 12.9. The van der Waals surface area contributed by atoms with Gasteiger partial charge in [-0.25, -0.2) is 5.06 Å². The molecule has 4 fully saturated rings. The van der Waals surface area contributed by atoms with E-state index in [1.807, 2.05) is 24.3 Å². The number of carbonyl (C=O) groups is 2. The van der Waals surface area contributed by atoms with Crippen molar-refractivity contribution in [1.29, 1.82) is 0 Å². The van der Waals surface area contributed by atoms with Gasteiger partial charge in [0.15, 0.2) is 0 Å². The average Bonchev–Trinajstić information content (AvgIpc) is 2.55. The highest BCUT2D eigenvalue weighted by Gasteiger charge is 2.54. The van der Waals surface area contributed by atoms with Gasteiger partial charge in [0.05, 0.1) is 11.8 Å². The molecule has 4 aliphatic rings. The van der Waals surface area contributed by atoms with Crippen LogP contribution in [0.4, 0.5) is 5.69 Å². The molecule has 0 saturated heterocycles. The Morgan fingerprint density at radius 3 is 2.08 bits per heavy atom. The largest absolute Gasteiger partial charge is 0.326 e. The Bertz CT molecular complexity index is 645. The second-order valence-corrected chi connectivity index (χ2v) is 8.44. The van der Waals surface area contributed by atoms with Gasteiger partial charge in [-0.15, -0.1) is 0 Å². The van der Waals surface area contributed by atoms with E-state index >= 15 is 0 Å². The smallest absolute Gasteiger partial charge is 0.250 e. The van der Waals surface area contributed by atoms with E-state index in [1.54, 1.807) is 0 Å². The van der Waals surface area contributed by atoms with E-state index in [-0.39, 0.29) is 23.7 Å². The number of hydroxylamine groups is 2. The first-order valence-corrected chi connectivity index (χ1v) is 9.29. The molecule has 25 heavy (non-hydrogen) atoms. The van der Waals surface area contributed by atoms with Crippen LogP contribution in [0.15, 0.2) is 24.3 Å². The maximum Gasteiger partial charge on any atom is 0.250 e. The Labute approximate surface area is 148 Å². The van der Waals surface area contributed by atoms with Crippen LogP contribution in [0.2, 0.25) is 0 Å². The summed E-state index contributed by atoms with van der Waals surface area (Å²) in [7, 11) is 1.32. The van der Waals surface area contributed by atoms with Gasteiger partial charge >= 0.3 is 0 Å². The zero-order valence-electron chi connectivity index (χ0n) is 14.7. The molecule has 4 saturated carbocycles. The van der Waals surface area contributed by atoms with Crippen LogP contribution in [0.1, 0.15) is 44.1 Å². The maximum atomic E-state index is 13.0. The highest BCUT2D eigenvalue weighted by molar-refractivity contribution is 5.95. The van der Waals surface area contributed by atoms with Gasteiger partial charge in [0.2, 0.25) is 11.8 Å². The number of carbonyl (C=O) groups excluding carboxylic acids is 2. The van der Waals surface area contributed by atoms with E-state index < -0.39 is 0 Å². The molecular weight excluding hydrogens is 316 g/mol. The van der Waals surface area contributed by atoms with Crippen LogP contribution in [0.25, 0.3) is 0 Å². The quantitative estimate of drug-likeness (QED) is 0.652. The van der Waals surface area contributed by atoms with Gasteiger partial charge in [0, 0.05) is 12.7 Å². The third-order valence-corrected chi connectivity index (χ3v) is 6.45. The third-order valence-electron chi connectivity index (χ3n) is 6.45. The summed E-state index contributed by atoms with van der Waals surface area (Å²) in [5.74, 6) is 2.08. The van der Waals surface area contributed by atoms with Gasteiger partial charge < -0.3 is 5.32 Å². The number of hydrogen-bond donors (Lipinski definition) is 2. The number of amides is 2. The summed E-state index contributed by atoms with van der Waals surface area (Å²) >= 11 is 0. The SMILES string of the molecule is CN(O)C(=O)Cc1ccc(NC(=O)C23CC4CC(CC(C4)C2)C3)cc1. The van der Waals surface area contributed by atoms with Crippen LogP contribution in [-0.4, -0.2) is 29.1 Å². The number of nitrogens with zero attached hydrogens (tertiary/aromatic N) is 1. The summed E-state index contributed by atoms with van der Waals surface area (Å²) in [6.45, 7) is 0. The molecule has 0 aromatic heterocycles. The molecule has 0 heterocycles. The minimum atomic E-state index is -0.356. The van der Waals surface area contributed by atoms with E-state index in [1.165, 1.54) is 26.3 Å². The van der Waals surface area contributed by atoms with Gasteiger partial charge in [-0.1, -0.05) is 12.1 Å². The molecule has 0 spiro atoms. The summed E-state index contributed by atoms with van der Waals surface area (Å²) in [6, 6.07) is 7.35. The highest BCUT2D eigenvalue weighted by atomic mass is 16.5. The highest BCUT2D eigenvalue weighted by Crippen LogP contribution is 2.60. The molecule has 1 aromatic rings. The van der Waals surface area contributed by atoms with Crippen molar-refractivity contribution in [3.63, 3.8) is 0 Å². The number of hydrogen-bond acceptors (Lipinski definition) is 3. The summed E-state index contributed by atoms with van der Waals surface area (Å²) in [5.41, 5.74) is 1.45. The predicted molar refractivity (Wildman–Crippen MR) is 93.9 cm³/mol. The van der Waals surface area contributed by atoms with Crippen molar-refractivity contribution >= 4 is 17.5 Å². The van der Waals surface area contributed by atoms with Crippen LogP contribution < -0.4 is 5.32 Å². The number of anilines is 1. The molecule has 4 bridgehead atoms. The fourth-order valence-corrected chi connectivity index (χ4v) is 5.65. The van der Waals surface area contributed by atoms with E-state index in [9.17, 15) is 9.59 Å². The number of benzene rings is 1. The van der Waals surface area contributed by atoms with Gasteiger partial charge in [-0.2, -0.15) is 0 Å². The maximum absolute atomic E-state index is 13.0. The molecule has 0 aliphatic heterocycles. The van der Waals surface area contributed by atoms with E-state index in [4.69, 9.17) is 5.21 Å². The van der Waals surface area contributed by atoms with Crippen molar-refractivity contribution in [3.8, 4) is 0 Å². The fourth-order valence-electron chi connectivity index (χ4n) is 5.65. The Morgan fingerprint density at radius 2 is 1.60 bits per heavy atom. The fraction of sp³-hybridized carbons (Fsp3) is 0.600. The molecule has 0 unspecified atom stereocenters. The monoisotopic (exact) mass is 342 g/mol. The van der Waals surface area contributed by atoms with Crippen molar-refractivity contribution in [3.05, 3.63) is 29.8 Å². The molecule has 1 aromatic carbocycles. The summed E-state index contributed by atoms with van der Waals surface area (Å²) < 4.78 is 0. The molecule has 5 heteroatoms. The molecule has 134 valence electrons. The predicted octanol–water partition coefficient (Wildman–Crippen LogP) is 3.23. The molecule has 4 aliphatic carbocycles. The lowest BCUT2D eigenvalue weighted by Gasteiger charge is -2.55. The van der Waals surface area contributed by atoms with Crippen molar-refractivity contribution in [1.82, 2.24) is 5.06 Å². The lowest BCUT2D eigenvalue weighted by atomic mass is 9.49. The van der Waals surface area contributed by atoms with Gasteiger partial charge in [0.25, 0.3) is 0 Å². The first kappa shape index (κ1) is 16.6. The Balaban J connectivity index is 1.42. The molecule has 0 atom stereocenters. The zero-order valence-corrected chi connectivity index (χ0v) is 14.7. The molecule has 0 radical (unpaired) electrons. The first-order valence-electron chi connectivity index (χ1n) is 9.29. The summed E-state index contributed by atoms with van der Waals surface area (Å²) in [4.78, 5) is 24.6. The van der Waals surface area contributed by atoms with Crippen molar-refractivity contribution in [2.75, 3.05) is 12.4 Å². The second-order valence-electron chi connectivity index (χ2n) is 8.44. The summed E-state index contributed by atoms with van der Waals surface area (Å²) in [6.07, 6.45) is 7.30. The number of rotatable bonds is 4. The van der Waals surface area contributed by atoms with E-state index in [2.05, 4.69) is 5.32 Å². The standard InChI is InChI=1S/C20H26N2O3/c1-22(25)18(23)9-13-2-4-17(5-3-13)21-19(24)20-10-14-6-15(11-20)8-16(7-14)12-20/h2-5,14-16,25H,6-12H2,1H3,(H,21,24). The molecule has 2 amide bonds. The van der Waals surface area contributed by atoms with Crippen LogP contribution in [0, 0.1) is 23.2 Å². The van der Waals surface area contributed by atoms with Crippen LogP contribution in [0.3, 0.4) is 0 Å². The molecule has 5 nitrogen and oxygen atoms in total. The number of likely N-dealkylation sites (N-methyl/N-ethyl adjacent to an activating group) is 1. The molecule has 5 rings (SSSR count). The van der Waals surface area contributed by atoms with Crippen molar-refractivity contribution < 1.29 is 14.8 Å². The van der Waals surface area contributed by atoms with Gasteiger partial charge in [-0.3, -0.25) is 14.8 Å². The van der Waals surface area contributed by atoms with Crippen molar-refractivity contribution in [2.45, 2.75) is 44.9 Å². The topological polar surface area (TPSA) is 69.6 Å². The lowest BCUT2D eigenvalue weighted by Crippen LogP contribution is -2.51. The van der Waals surface area contributed by atoms with Crippen LogP contribution in [0.5, 0.6) is 0 Å². The minimum absolute atomic E-state index is 0.149. The van der Waals surface area contributed by atoms with Gasteiger partial charge in [-0.05, 0) is 74.0 Å².